The van der Waals surface area contributed by atoms with E-state index in [1.807, 2.05) is 6.92 Å². The first-order chi connectivity index (χ1) is 4.95. The third-order valence-electron chi connectivity index (χ3n) is 1.53. The Hall–Kier alpha value is -0.130. The predicted molar refractivity (Wildman–Crippen MR) is 43.9 cm³/mol. The largest absolute Gasteiger partial charge is 0.330 e. The zero-order chi connectivity index (χ0) is 8.91. The maximum Gasteiger partial charge on any atom is 0.264 e. The van der Waals surface area contributed by atoms with Gasteiger partial charge < -0.3 is 5.73 Å². The average molecular weight is 181 g/mol. The highest BCUT2D eigenvalue weighted by Crippen LogP contribution is 2.06. The second-order valence-electron chi connectivity index (χ2n) is 2.76. The molecule has 4 nitrogen and oxygen atoms in total. The van der Waals surface area contributed by atoms with Gasteiger partial charge in [-0.15, -0.1) is 0 Å². The van der Waals surface area contributed by atoms with Gasteiger partial charge in [-0.05, 0) is 25.3 Å². The van der Waals surface area contributed by atoms with Crippen LogP contribution >= 0.6 is 0 Å². The molecule has 1 atom stereocenters. The van der Waals surface area contributed by atoms with Crippen LogP contribution in [-0.2, 0) is 10.1 Å². The molecule has 0 aromatic rings. The molecule has 0 saturated heterocycles. The summed E-state index contributed by atoms with van der Waals surface area (Å²) in [6.45, 7) is 2.48. The Bertz CT molecular complexity index is 188. The smallest absolute Gasteiger partial charge is 0.264 e. The monoisotopic (exact) mass is 181 g/mol. The van der Waals surface area contributed by atoms with Crippen molar-refractivity contribution in [2.45, 2.75) is 19.8 Å². The Morgan fingerprint density at radius 2 is 2.00 bits per heavy atom. The lowest BCUT2D eigenvalue weighted by molar-refractivity contribution is 0.463. The molecule has 1 unspecified atom stereocenters. The van der Waals surface area contributed by atoms with Crippen LogP contribution < -0.4 is 5.73 Å². The molecule has 0 aliphatic carbocycles. The van der Waals surface area contributed by atoms with E-state index >= 15 is 0 Å². The van der Waals surface area contributed by atoms with Crippen molar-refractivity contribution in [3.8, 4) is 0 Å². The minimum Gasteiger partial charge on any atom is -0.330 e. The predicted octanol–water partition coefficient (Wildman–Crippen LogP) is 0.249. The van der Waals surface area contributed by atoms with Crippen molar-refractivity contribution >= 4 is 10.1 Å². The van der Waals surface area contributed by atoms with Crippen LogP contribution in [0, 0.1) is 5.92 Å². The SMILES string of the molecule is CC(CCN)CCS(=O)(=O)O. The number of rotatable bonds is 5. The van der Waals surface area contributed by atoms with Crippen molar-refractivity contribution in [2.24, 2.45) is 11.7 Å². The van der Waals surface area contributed by atoms with Gasteiger partial charge in [0.1, 0.15) is 0 Å². The Kier molecular flexibility index (Phi) is 4.63. The van der Waals surface area contributed by atoms with Crippen LogP contribution in [0.15, 0.2) is 0 Å². The molecule has 0 amide bonds. The standard InChI is InChI=1S/C6H15NO3S/c1-6(2-4-7)3-5-11(8,9)10/h6H,2-5,7H2,1H3,(H,8,9,10). The summed E-state index contributed by atoms with van der Waals surface area (Å²) >= 11 is 0. The molecule has 0 bridgehead atoms. The van der Waals surface area contributed by atoms with Crippen molar-refractivity contribution in [3.05, 3.63) is 0 Å². The second kappa shape index (κ2) is 4.69. The van der Waals surface area contributed by atoms with Crippen LogP contribution in [0.3, 0.4) is 0 Å². The zero-order valence-electron chi connectivity index (χ0n) is 6.66. The Labute approximate surface area is 67.5 Å². The van der Waals surface area contributed by atoms with Crippen LogP contribution in [0.1, 0.15) is 19.8 Å². The van der Waals surface area contributed by atoms with Crippen LogP contribution in [-0.4, -0.2) is 25.3 Å². The highest BCUT2D eigenvalue weighted by molar-refractivity contribution is 7.85. The van der Waals surface area contributed by atoms with Crippen molar-refractivity contribution in [2.75, 3.05) is 12.3 Å². The summed E-state index contributed by atoms with van der Waals surface area (Å²) < 4.78 is 28.9. The van der Waals surface area contributed by atoms with Crippen molar-refractivity contribution in [3.63, 3.8) is 0 Å². The molecule has 0 heterocycles. The molecule has 0 aliphatic rings. The van der Waals surface area contributed by atoms with E-state index in [0.717, 1.165) is 6.42 Å². The van der Waals surface area contributed by atoms with Crippen LogP contribution in [0.2, 0.25) is 0 Å². The Balaban J connectivity index is 3.54. The molecular formula is C6H15NO3S. The highest BCUT2D eigenvalue weighted by atomic mass is 32.2. The molecule has 0 aromatic carbocycles. The van der Waals surface area contributed by atoms with Crippen LogP contribution in [0.25, 0.3) is 0 Å². The van der Waals surface area contributed by atoms with Crippen LogP contribution in [0.4, 0.5) is 0 Å². The van der Waals surface area contributed by atoms with Crippen molar-refractivity contribution < 1.29 is 13.0 Å². The van der Waals surface area contributed by atoms with E-state index in [1.165, 1.54) is 0 Å². The molecule has 0 fully saturated rings. The van der Waals surface area contributed by atoms with Gasteiger partial charge in [0, 0.05) is 0 Å². The maximum absolute atomic E-state index is 10.3. The first kappa shape index (κ1) is 10.9. The van der Waals surface area contributed by atoms with E-state index in [2.05, 4.69) is 0 Å². The van der Waals surface area contributed by atoms with Gasteiger partial charge >= 0.3 is 0 Å². The molecule has 3 N–H and O–H groups in total. The molecule has 0 saturated carbocycles. The van der Waals surface area contributed by atoms with Gasteiger partial charge in [0.25, 0.3) is 10.1 Å². The fraction of sp³-hybridized carbons (Fsp3) is 1.00. The summed E-state index contributed by atoms with van der Waals surface area (Å²) in [6.07, 6.45) is 1.28. The number of hydrogen-bond donors (Lipinski definition) is 2. The van der Waals surface area contributed by atoms with Gasteiger partial charge in [-0.2, -0.15) is 8.42 Å². The maximum atomic E-state index is 10.3. The molecule has 68 valence electrons. The molecule has 0 radical (unpaired) electrons. The summed E-state index contributed by atoms with van der Waals surface area (Å²) in [5.41, 5.74) is 5.26. The average Bonchev–Trinajstić information content (AvgIpc) is 1.83. The molecule has 11 heavy (non-hydrogen) atoms. The lowest BCUT2D eigenvalue weighted by atomic mass is 10.1. The molecule has 0 spiro atoms. The van der Waals surface area contributed by atoms with Crippen molar-refractivity contribution in [1.29, 1.82) is 0 Å². The van der Waals surface area contributed by atoms with Crippen molar-refractivity contribution in [1.82, 2.24) is 0 Å². The fourth-order valence-electron chi connectivity index (χ4n) is 0.779. The van der Waals surface area contributed by atoms with E-state index in [0.29, 0.717) is 13.0 Å². The minimum absolute atomic E-state index is 0.159. The molecule has 0 aliphatic heterocycles. The van der Waals surface area contributed by atoms with Gasteiger partial charge in [-0.25, -0.2) is 0 Å². The summed E-state index contributed by atoms with van der Waals surface area (Å²) in [5, 5.41) is 0. The van der Waals surface area contributed by atoms with Gasteiger partial charge in [-0.1, -0.05) is 6.92 Å². The third-order valence-corrected chi connectivity index (χ3v) is 2.28. The van der Waals surface area contributed by atoms with Gasteiger partial charge in [0.2, 0.25) is 0 Å². The number of nitrogens with two attached hydrogens (primary N) is 1. The quantitative estimate of drug-likeness (QED) is 0.596. The summed E-state index contributed by atoms with van der Waals surface area (Å²) in [4.78, 5) is 0. The molecular weight excluding hydrogens is 166 g/mol. The normalized spacial score (nSPS) is 14.8. The zero-order valence-corrected chi connectivity index (χ0v) is 7.47. The fourth-order valence-corrected chi connectivity index (χ4v) is 1.48. The molecule has 0 aromatic heterocycles. The van der Waals surface area contributed by atoms with E-state index < -0.39 is 10.1 Å². The Morgan fingerprint density at radius 3 is 2.36 bits per heavy atom. The third kappa shape index (κ3) is 7.77. The Morgan fingerprint density at radius 1 is 1.45 bits per heavy atom. The summed E-state index contributed by atoms with van der Waals surface area (Å²) in [6, 6.07) is 0. The van der Waals surface area contributed by atoms with Gasteiger partial charge in [-0.3, -0.25) is 4.55 Å². The van der Waals surface area contributed by atoms with E-state index in [9.17, 15) is 8.42 Å². The molecule has 0 rings (SSSR count). The first-order valence-corrected chi connectivity index (χ1v) is 5.22. The lowest BCUT2D eigenvalue weighted by Crippen LogP contribution is -2.11. The second-order valence-corrected chi connectivity index (χ2v) is 4.33. The van der Waals surface area contributed by atoms with Crippen LogP contribution in [0.5, 0.6) is 0 Å². The first-order valence-electron chi connectivity index (χ1n) is 3.61. The lowest BCUT2D eigenvalue weighted by Gasteiger charge is -2.06. The minimum atomic E-state index is -3.78. The van der Waals surface area contributed by atoms with Gasteiger partial charge in [0.15, 0.2) is 0 Å². The highest BCUT2D eigenvalue weighted by Gasteiger charge is 2.07. The van der Waals surface area contributed by atoms with E-state index in [-0.39, 0.29) is 11.7 Å². The number of hydrogen-bond acceptors (Lipinski definition) is 3. The van der Waals surface area contributed by atoms with Gasteiger partial charge in [0.05, 0.1) is 5.75 Å². The summed E-state index contributed by atoms with van der Waals surface area (Å²) in [7, 11) is -3.78. The van der Waals surface area contributed by atoms with E-state index in [1.54, 1.807) is 0 Å². The topological polar surface area (TPSA) is 80.4 Å². The van der Waals surface area contributed by atoms with E-state index in [4.69, 9.17) is 10.3 Å². The summed E-state index contributed by atoms with van der Waals surface area (Å²) in [5.74, 6) is 0.107. The molecule has 5 heteroatoms.